The van der Waals surface area contributed by atoms with Gasteiger partial charge in [0.25, 0.3) is 0 Å². The van der Waals surface area contributed by atoms with Crippen LogP contribution in [-0.4, -0.2) is 30.3 Å². The highest BCUT2D eigenvalue weighted by Crippen LogP contribution is 2.42. The van der Waals surface area contributed by atoms with Crippen molar-refractivity contribution in [2.45, 2.75) is 31.1 Å². The van der Waals surface area contributed by atoms with Crippen molar-refractivity contribution >= 4 is 23.3 Å². The second-order valence-corrected chi connectivity index (χ2v) is 7.02. The normalized spacial score (nSPS) is 15.1. The highest BCUT2D eigenvalue weighted by atomic mass is 16.6. The predicted molar refractivity (Wildman–Crippen MR) is 112 cm³/mol. The van der Waals surface area contributed by atoms with E-state index < -0.39 is 21.2 Å². The van der Waals surface area contributed by atoms with Gasteiger partial charge < -0.3 is 9.47 Å². The second-order valence-electron chi connectivity index (χ2n) is 7.02. The number of hydrogen-bond acceptors (Lipinski definition) is 8. The zero-order valence-electron chi connectivity index (χ0n) is 16.7. The maximum Gasteiger partial charge on any atom is 0.348 e. The molecule has 2 aromatic carbocycles. The van der Waals surface area contributed by atoms with Crippen LogP contribution in [0.3, 0.4) is 0 Å². The quantitative estimate of drug-likeness (QED) is 0.384. The van der Waals surface area contributed by atoms with Crippen LogP contribution in [-0.2, 0) is 5.41 Å². The highest BCUT2D eigenvalue weighted by molar-refractivity contribution is 5.76. The summed E-state index contributed by atoms with van der Waals surface area (Å²) in [6.45, 7) is 0. The monoisotopic (exact) mass is 414 g/mol. The molecule has 1 saturated carbocycles. The third-order valence-electron chi connectivity index (χ3n) is 5.33. The first-order valence-corrected chi connectivity index (χ1v) is 9.36. The minimum Gasteiger partial charge on any atom is -0.493 e. The molecule has 1 aliphatic carbocycles. The van der Waals surface area contributed by atoms with Gasteiger partial charge in [0.2, 0.25) is 0 Å². The van der Waals surface area contributed by atoms with Crippen molar-refractivity contribution in [2.24, 2.45) is 5.10 Å². The summed E-state index contributed by atoms with van der Waals surface area (Å²) in [5, 5.41) is 26.4. The molecule has 158 valence electrons. The second kappa shape index (κ2) is 8.76. The van der Waals surface area contributed by atoms with Crippen molar-refractivity contribution in [3.05, 3.63) is 62.2 Å². The topological polar surface area (TPSA) is 129 Å². The van der Waals surface area contributed by atoms with Crippen LogP contribution in [0.15, 0.2) is 41.5 Å². The molecule has 1 aliphatic rings. The molecule has 0 radical (unpaired) electrons. The number of methoxy groups -OCH3 is 2. The number of nitro benzene ring substituents is 2. The van der Waals surface area contributed by atoms with E-state index in [2.05, 4.69) is 10.5 Å². The van der Waals surface area contributed by atoms with Gasteiger partial charge in [0, 0.05) is 23.8 Å². The van der Waals surface area contributed by atoms with Crippen molar-refractivity contribution in [3.8, 4) is 11.5 Å². The van der Waals surface area contributed by atoms with Crippen LogP contribution in [0, 0.1) is 20.2 Å². The van der Waals surface area contributed by atoms with Crippen LogP contribution < -0.4 is 14.9 Å². The smallest absolute Gasteiger partial charge is 0.348 e. The van der Waals surface area contributed by atoms with E-state index >= 15 is 0 Å². The summed E-state index contributed by atoms with van der Waals surface area (Å²) in [5.41, 5.74) is 2.64. The Bertz CT molecular complexity index is 985. The molecule has 10 nitrogen and oxygen atoms in total. The number of anilines is 1. The Labute approximate surface area is 172 Å². The lowest BCUT2D eigenvalue weighted by Crippen LogP contribution is -2.24. The number of benzene rings is 2. The number of nitrogens with zero attached hydrogens (tertiary/aromatic N) is 3. The van der Waals surface area contributed by atoms with Crippen LogP contribution in [0.1, 0.15) is 31.2 Å². The van der Waals surface area contributed by atoms with Gasteiger partial charge in [0.15, 0.2) is 11.5 Å². The van der Waals surface area contributed by atoms with E-state index in [0.29, 0.717) is 17.2 Å². The van der Waals surface area contributed by atoms with E-state index in [-0.39, 0.29) is 5.41 Å². The minimum atomic E-state index is -0.783. The summed E-state index contributed by atoms with van der Waals surface area (Å²) in [6.07, 6.45) is 5.68. The van der Waals surface area contributed by atoms with Crippen molar-refractivity contribution in [3.63, 3.8) is 0 Å². The van der Waals surface area contributed by atoms with Gasteiger partial charge in [0.05, 0.1) is 29.8 Å². The molecule has 10 heteroatoms. The molecular weight excluding hydrogens is 392 g/mol. The molecule has 0 saturated heterocycles. The van der Waals surface area contributed by atoms with Gasteiger partial charge in [-0.2, -0.15) is 5.10 Å². The Balaban J connectivity index is 1.87. The fourth-order valence-electron chi connectivity index (χ4n) is 3.77. The van der Waals surface area contributed by atoms with Crippen molar-refractivity contribution < 1.29 is 19.3 Å². The molecule has 0 amide bonds. The van der Waals surface area contributed by atoms with E-state index in [1.807, 2.05) is 18.2 Å². The molecule has 2 aromatic rings. The average Bonchev–Trinajstić information content (AvgIpc) is 3.23. The Kier molecular flexibility index (Phi) is 6.14. The maximum atomic E-state index is 11.1. The minimum absolute atomic E-state index is 0.295. The van der Waals surface area contributed by atoms with Crippen molar-refractivity contribution in [1.82, 2.24) is 0 Å². The van der Waals surface area contributed by atoms with Crippen molar-refractivity contribution in [2.75, 3.05) is 19.6 Å². The van der Waals surface area contributed by atoms with Crippen LogP contribution in [0.5, 0.6) is 11.5 Å². The zero-order chi connectivity index (χ0) is 21.7. The van der Waals surface area contributed by atoms with Gasteiger partial charge in [0.1, 0.15) is 0 Å². The SMILES string of the molecule is COc1ccc(C2(/C=N/Nc3ccc([N+](=O)[O-])c([N+](=O)[O-])c3)CCCC2)cc1OC. The summed E-state index contributed by atoms with van der Waals surface area (Å²) in [6, 6.07) is 9.36. The van der Waals surface area contributed by atoms with Gasteiger partial charge >= 0.3 is 11.4 Å². The van der Waals surface area contributed by atoms with Gasteiger partial charge in [-0.05, 0) is 36.6 Å². The highest BCUT2D eigenvalue weighted by Gasteiger charge is 2.35. The molecule has 0 aromatic heterocycles. The molecule has 0 aliphatic heterocycles. The van der Waals surface area contributed by atoms with Crippen LogP contribution in [0.25, 0.3) is 0 Å². The third-order valence-corrected chi connectivity index (χ3v) is 5.33. The van der Waals surface area contributed by atoms with E-state index in [1.54, 1.807) is 20.4 Å². The summed E-state index contributed by atoms with van der Waals surface area (Å²) in [7, 11) is 3.16. The van der Waals surface area contributed by atoms with E-state index in [0.717, 1.165) is 43.4 Å². The number of ether oxygens (including phenoxy) is 2. The summed E-state index contributed by atoms with van der Waals surface area (Å²) in [5.74, 6) is 1.27. The van der Waals surface area contributed by atoms with Gasteiger partial charge in [-0.3, -0.25) is 25.7 Å². The van der Waals surface area contributed by atoms with E-state index in [1.165, 1.54) is 6.07 Å². The fourth-order valence-corrected chi connectivity index (χ4v) is 3.77. The third kappa shape index (κ3) is 4.17. The molecule has 0 heterocycles. The fraction of sp³-hybridized carbons (Fsp3) is 0.350. The summed E-state index contributed by atoms with van der Waals surface area (Å²) < 4.78 is 10.7. The standard InChI is InChI=1S/C20H22N4O6/c1-29-18-8-5-14(11-19(18)30-2)20(9-3-4-10-20)13-21-22-15-6-7-16(23(25)26)17(12-15)24(27)28/h5-8,11-13,22H,3-4,9-10H2,1-2H3/b21-13+. The first-order chi connectivity index (χ1) is 14.4. The van der Waals surface area contributed by atoms with E-state index in [9.17, 15) is 20.2 Å². The Morgan fingerprint density at radius 1 is 0.967 bits per heavy atom. The Morgan fingerprint density at radius 2 is 1.63 bits per heavy atom. The van der Waals surface area contributed by atoms with Gasteiger partial charge in [-0.15, -0.1) is 0 Å². The first-order valence-electron chi connectivity index (χ1n) is 9.36. The predicted octanol–water partition coefficient (Wildman–Crippen LogP) is 4.43. The van der Waals surface area contributed by atoms with Gasteiger partial charge in [-0.25, -0.2) is 0 Å². The van der Waals surface area contributed by atoms with Crippen LogP contribution in [0.2, 0.25) is 0 Å². The average molecular weight is 414 g/mol. The Morgan fingerprint density at radius 3 is 2.23 bits per heavy atom. The molecule has 30 heavy (non-hydrogen) atoms. The molecule has 1 N–H and O–H groups in total. The molecule has 0 spiro atoms. The van der Waals surface area contributed by atoms with Crippen LogP contribution >= 0.6 is 0 Å². The lowest BCUT2D eigenvalue weighted by molar-refractivity contribution is -0.422. The van der Waals surface area contributed by atoms with E-state index in [4.69, 9.17) is 9.47 Å². The molecular formula is C20H22N4O6. The lowest BCUT2D eigenvalue weighted by atomic mass is 9.80. The first kappa shape index (κ1) is 21.0. The number of nitrogens with one attached hydrogen (secondary N) is 1. The largest absolute Gasteiger partial charge is 0.493 e. The van der Waals surface area contributed by atoms with Gasteiger partial charge in [-0.1, -0.05) is 18.9 Å². The van der Waals surface area contributed by atoms with Crippen LogP contribution in [0.4, 0.5) is 17.1 Å². The number of hydrazone groups is 1. The molecule has 1 fully saturated rings. The number of nitro groups is 2. The summed E-state index contributed by atoms with van der Waals surface area (Å²) >= 11 is 0. The summed E-state index contributed by atoms with van der Waals surface area (Å²) in [4.78, 5) is 20.5. The Hall–Kier alpha value is -3.69. The molecule has 0 bridgehead atoms. The van der Waals surface area contributed by atoms with Crippen molar-refractivity contribution in [1.29, 1.82) is 0 Å². The molecule has 0 unspecified atom stereocenters. The maximum absolute atomic E-state index is 11.1. The zero-order valence-corrected chi connectivity index (χ0v) is 16.7. The lowest BCUT2D eigenvalue weighted by Gasteiger charge is -2.25. The molecule has 0 atom stereocenters. The molecule has 3 rings (SSSR count). The number of hydrogen-bond donors (Lipinski definition) is 1. The number of rotatable bonds is 8.